The molecule has 0 radical (unpaired) electrons. The van der Waals surface area contributed by atoms with Gasteiger partial charge in [-0.3, -0.25) is 0 Å². The van der Waals surface area contributed by atoms with Crippen molar-refractivity contribution in [2.75, 3.05) is 0 Å². The average Bonchev–Trinajstić information content (AvgIpc) is 3.16. The number of hydrogen-bond donors (Lipinski definition) is 1. The molecule has 0 fully saturated rings. The molecule has 6 nitrogen and oxygen atoms in total. The van der Waals surface area contributed by atoms with Gasteiger partial charge in [0.05, 0.1) is 0 Å². The summed E-state index contributed by atoms with van der Waals surface area (Å²) in [4.78, 5) is 16.7. The molecule has 0 saturated heterocycles. The van der Waals surface area contributed by atoms with E-state index in [1.54, 1.807) is 30.5 Å². The summed E-state index contributed by atoms with van der Waals surface area (Å²) in [5, 5.41) is 10.5. The van der Waals surface area contributed by atoms with Crippen LogP contribution < -0.4 is 9.47 Å². The molecule has 0 amide bonds. The van der Waals surface area contributed by atoms with Crippen LogP contribution in [0.3, 0.4) is 0 Å². The predicted molar refractivity (Wildman–Crippen MR) is 101 cm³/mol. The quantitative estimate of drug-likeness (QED) is 0.646. The van der Waals surface area contributed by atoms with Crippen molar-refractivity contribution in [3.63, 3.8) is 0 Å². The molecule has 1 aromatic carbocycles. The summed E-state index contributed by atoms with van der Waals surface area (Å²) < 4.78 is 13.0. The van der Waals surface area contributed by atoms with E-state index in [1.807, 2.05) is 61.1 Å². The Morgan fingerprint density at radius 2 is 1.81 bits per heavy atom. The minimum absolute atomic E-state index is 0.155. The molecule has 0 spiro atoms. The third-order valence-electron chi connectivity index (χ3n) is 4.12. The number of para-hydroxylation sites is 1. The molecule has 2 aromatic heterocycles. The van der Waals surface area contributed by atoms with Gasteiger partial charge >= 0.3 is 5.97 Å². The molecule has 140 valence electrons. The number of esters is 1. The fraction of sp³-hybridized carbons (Fsp3) is 0.238. The lowest BCUT2D eigenvalue weighted by Gasteiger charge is -2.29. The fourth-order valence-corrected chi connectivity index (χ4v) is 2.65. The number of benzene rings is 1. The van der Waals surface area contributed by atoms with Crippen molar-refractivity contribution in [1.29, 1.82) is 0 Å². The highest BCUT2D eigenvalue weighted by Gasteiger charge is 2.36. The highest BCUT2D eigenvalue weighted by atomic mass is 16.6. The smallest absolute Gasteiger partial charge is 0.341 e. The van der Waals surface area contributed by atoms with Gasteiger partial charge in [0, 0.05) is 30.6 Å². The van der Waals surface area contributed by atoms with Crippen LogP contribution in [0.15, 0.2) is 73.2 Å². The van der Waals surface area contributed by atoms with Crippen LogP contribution in [0.25, 0.3) is 0 Å². The van der Waals surface area contributed by atoms with E-state index in [9.17, 15) is 9.90 Å². The summed E-state index contributed by atoms with van der Waals surface area (Å²) in [5.74, 6) is 0.134. The lowest BCUT2D eigenvalue weighted by Crippen LogP contribution is -2.41. The van der Waals surface area contributed by atoms with E-state index in [-0.39, 0.29) is 11.6 Å². The number of ether oxygens (including phenoxy) is 2. The topological polar surface area (TPSA) is 73.6 Å². The Labute approximate surface area is 158 Å². The number of aromatic nitrogens is 2. The molecular weight excluding hydrogens is 344 g/mol. The van der Waals surface area contributed by atoms with Crippen LogP contribution >= 0.6 is 0 Å². The normalized spacial score (nSPS) is 12.4. The van der Waals surface area contributed by atoms with Gasteiger partial charge in [-0.25, -0.2) is 9.78 Å². The molecule has 1 unspecified atom stereocenters. The summed E-state index contributed by atoms with van der Waals surface area (Å²) in [5.41, 5.74) is -0.723. The molecule has 0 bridgehead atoms. The third kappa shape index (κ3) is 4.74. The van der Waals surface area contributed by atoms with Gasteiger partial charge in [-0.2, -0.15) is 0 Å². The van der Waals surface area contributed by atoms with Crippen LogP contribution in [0.5, 0.6) is 17.4 Å². The second-order valence-electron chi connectivity index (χ2n) is 6.89. The lowest BCUT2D eigenvalue weighted by molar-refractivity contribution is -0.150. The predicted octanol–water partition coefficient (Wildman–Crippen LogP) is 3.67. The first kappa shape index (κ1) is 18.7. The van der Waals surface area contributed by atoms with Crippen molar-refractivity contribution in [1.82, 2.24) is 9.55 Å². The number of carbonyl (C=O) groups is 1. The SMILES string of the molecule is CC(C)(Cn1cccc1)C(O)C(=O)Oc1cccnc1Oc1ccccc1. The Morgan fingerprint density at radius 3 is 2.52 bits per heavy atom. The van der Waals surface area contributed by atoms with Gasteiger partial charge in [-0.1, -0.05) is 32.0 Å². The van der Waals surface area contributed by atoms with Crippen LogP contribution in [0, 0.1) is 5.41 Å². The Kier molecular flexibility index (Phi) is 5.57. The van der Waals surface area contributed by atoms with Crippen molar-refractivity contribution in [3.05, 3.63) is 73.2 Å². The summed E-state index contributed by atoms with van der Waals surface area (Å²) in [6.07, 6.45) is 3.99. The van der Waals surface area contributed by atoms with Crippen LogP contribution in [-0.2, 0) is 11.3 Å². The summed E-state index contributed by atoms with van der Waals surface area (Å²) >= 11 is 0. The molecule has 0 aliphatic rings. The van der Waals surface area contributed by atoms with Gasteiger partial charge in [-0.15, -0.1) is 0 Å². The Balaban J connectivity index is 1.72. The highest BCUT2D eigenvalue weighted by Crippen LogP contribution is 2.31. The first-order chi connectivity index (χ1) is 13.0. The molecule has 0 saturated carbocycles. The Hall–Kier alpha value is -3.12. The van der Waals surface area contributed by atoms with Crippen LogP contribution in [0.4, 0.5) is 0 Å². The zero-order valence-corrected chi connectivity index (χ0v) is 15.3. The number of nitrogens with zero attached hydrogens (tertiary/aromatic N) is 2. The van der Waals surface area contributed by atoms with Crippen LogP contribution in [-0.4, -0.2) is 26.7 Å². The molecule has 2 heterocycles. The zero-order chi connectivity index (χ0) is 19.3. The molecule has 3 rings (SSSR count). The number of hydrogen-bond acceptors (Lipinski definition) is 5. The minimum Gasteiger partial charge on any atom is -0.436 e. The van der Waals surface area contributed by atoms with Crippen molar-refractivity contribution >= 4 is 5.97 Å². The van der Waals surface area contributed by atoms with E-state index >= 15 is 0 Å². The highest BCUT2D eigenvalue weighted by molar-refractivity contribution is 5.78. The van der Waals surface area contributed by atoms with E-state index in [0.29, 0.717) is 12.3 Å². The summed E-state index contributed by atoms with van der Waals surface area (Å²) in [7, 11) is 0. The standard InChI is InChI=1S/C21H22N2O4/c1-21(2,15-23-13-6-7-14-23)18(24)20(25)27-17-11-8-12-22-19(17)26-16-9-4-3-5-10-16/h3-14,18,24H,15H2,1-2H3. The maximum atomic E-state index is 12.5. The van der Waals surface area contributed by atoms with Crippen molar-refractivity contribution in [2.45, 2.75) is 26.5 Å². The molecule has 1 atom stereocenters. The van der Waals surface area contributed by atoms with Crippen LogP contribution in [0.1, 0.15) is 13.8 Å². The molecule has 27 heavy (non-hydrogen) atoms. The van der Waals surface area contributed by atoms with E-state index in [4.69, 9.17) is 9.47 Å². The summed E-state index contributed by atoms with van der Waals surface area (Å²) in [6, 6.07) is 16.1. The van der Waals surface area contributed by atoms with Crippen LogP contribution in [0.2, 0.25) is 0 Å². The van der Waals surface area contributed by atoms with Gasteiger partial charge < -0.3 is 19.1 Å². The monoisotopic (exact) mass is 366 g/mol. The summed E-state index contributed by atoms with van der Waals surface area (Å²) in [6.45, 7) is 4.09. The lowest BCUT2D eigenvalue weighted by atomic mass is 9.86. The maximum Gasteiger partial charge on any atom is 0.341 e. The molecule has 3 aromatic rings. The fourth-order valence-electron chi connectivity index (χ4n) is 2.65. The van der Waals surface area contributed by atoms with Gasteiger partial charge in [-0.05, 0) is 36.4 Å². The Morgan fingerprint density at radius 1 is 1.11 bits per heavy atom. The van der Waals surface area contributed by atoms with Crippen molar-refractivity contribution < 1.29 is 19.4 Å². The van der Waals surface area contributed by atoms with Crippen molar-refractivity contribution in [3.8, 4) is 17.4 Å². The number of carbonyl (C=O) groups excluding carboxylic acids is 1. The Bertz CT molecular complexity index is 876. The largest absolute Gasteiger partial charge is 0.436 e. The number of rotatable bonds is 7. The maximum absolute atomic E-state index is 12.5. The van der Waals surface area contributed by atoms with E-state index < -0.39 is 17.5 Å². The van der Waals surface area contributed by atoms with Gasteiger partial charge in [0.2, 0.25) is 0 Å². The first-order valence-corrected chi connectivity index (χ1v) is 8.64. The molecule has 1 N–H and O–H groups in total. The number of pyridine rings is 1. The molecule has 0 aliphatic carbocycles. The number of aliphatic hydroxyl groups is 1. The minimum atomic E-state index is -1.32. The average molecular weight is 366 g/mol. The number of aliphatic hydroxyl groups excluding tert-OH is 1. The van der Waals surface area contributed by atoms with E-state index in [0.717, 1.165) is 0 Å². The second-order valence-corrected chi connectivity index (χ2v) is 6.89. The van der Waals surface area contributed by atoms with Crippen molar-refractivity contribution in [2.24, 2.45) is 5.41 Å². The second kappa shape index (κ2) is 8.05. The van der Waals surface area contributed by atoms with E-state index in [1.165, 1.54) is 0 Å². The molecule has 0 aliphatic heterocycles. The van der Waals surface area contributed by atoms with Gasteiger partial charge in [0.15, 0.2) is 11.9 Å². The molecule has 6 heteroatoms. The van der Waals surface area contributed by atoms with Gasteiger partial charge in [0.25, 0.3) is 5.88 Å². The third-order valence-corrected chi connectivity index (χ3v) is 4.12. The zero-order valence-electron chi connectivity index (χ0n) is 15.3. The van der Waals surface area contributed by atoms with E-state index in [2.05, 4.69) is 4.98 Å². The first-order valence-electron chi connectivity index (χ1n) is 8.64. The molecular formula is C21H22N2O4. The van der Waals surface area contributed by atoms with Gasteiger partial charge in [0.1, 0.15) is 5.75 Å².